The number of carbonyl (C=O) groups is 2. The molecule has 0 aromatic rings. The number of carbonyl (C=O) groups excluding carboxylic acids is 2. The van der Waals surface area contributed by atoms with Crippen LogP contribution in [-0.4, -0.2) is 48.9 Å². The van der Waals surface area contributed by atoms with Crippen LogP contribution in [0, 0.1) is 5.92 Å². The molecule has 104 valence electrons. The maximum atomic E-state index is 12.0. The van der Waals surface area contributed by atoms with Gasteiger partial charge < -0.3 is 15.5 Å². The first-order valence-electron chi connectivity index (χ1n) is 6.77. The van der Waals surface area contributed by atoms with Gasteiger partial charge in [0.05, 0.1) is 0 Å². The molecule has 2 N–H and O–H groups in total. The maximum absolute atomic E-state index is 12.0. The normalized spacial score (nSPS) is 20.0. The molecule has 1 atom stereocenters. The molecule has 0 saturated carbocycles. The molecule has 1 aliphatic heterocycles. The van der Waals surface area contributed by atoms with E-state index in [1.165, 1.54) is 0 Å². The summed E-state index contributed by atoms with van der Waals surface area (Å²) in [6.45, 7) is 8.98. The number of rotatable bonds is 5. The predicted molar refractivity (Wildman–Crippen MR) is 71.1 cm³/mol. The second-order valence-electron chi connectivity index (χ2n) is 5.34. The highest BCUT2D eigenvalue weighted by Crippen LogP contribution is 2.04. The van der Waals surface area contributed by atoms with E-state index in [0.29, 0.717) is 25.3 Å². The van der Waals surface area contributed by atoms with Crippen LogP contribution < -0.4 is 10.6 Å². The largest absolute Gasteiger partial charge is 0.356 e. The summed E-state index contributed by atoms with van der Waals surface area (Å²) in [5.41, 5.74) is 0. The van der Waals surface area contributed by atoms with Gasteiger partial charge in [0.1, 0.15) is 0 Å². The van der Waals surface area contributed by atoms with Crippen LogP contribution in [0.15, 0.2) is 0 Å². The van der Waals surface area contributed by atoms with E-state index in [1.807, 2.05) is 25.7 Å². The van der Waals surface area contributed by atoms with Crippen LogP contribution in [0.3, 0.4) is 0 Å². The van der Waals surface area contributed by atoms with Gasteiger partial charge in [0.15, 0.2) is 0 Å². The van der Waals surface area contributed by atoms with Gasteiger partial charge in [0.2, 0.25) is 11.8 Å². The average molecular weight is 255 g/mol. The molecular weight excluding hydrogens is 230 g/mol. The summed E-state index contributed by atoms with van der Waals surface area (Å²) in [5.74, 6) is 0.522. The molecule has 5 nitrogen and oxygen atoms in total. The standard InChI is InChI=1S/C13H25N3O2/c1-10(2)8-12(17)15-5-4-13(18)16-7-6-14-9-11(16)3/h10-11,14H,4-9H2,1-3H3,(H,15,17). The van der Waals surface area contributed by atoms with E-state index in [-0.39, 0.29) is 17.9 Å². The highest BCUT2D eigenvalue weighted by molar-refractivity contribution is 5.79. The number of hydrogen-bond donors (Lipinski definition) is 2. The van der Waals surface area contributed by atoms with Gasteiger partial charge in [0.25, 0.3) is 0 Å². The van der Waals surface area contributed by atoms with E-state index in [2.05, 4.69) is 10.6 Å². The highest BCUT2D eigenvalue weighted by Gasteiger charge is 2.22. The Bertz CT molecular complexity index is 292. The second-order valence-corrected chi connectivity index (χ2v) is 5.34. The van der Waals surface area contributed by atoms with Crippen molar-refractivity contribution in [2.45, 2.75) is 39.7 Å². The van der Waals surface area contributed by atoms with Gasteiger partial charge in [-0.05, 0) is 12.8 Å². The van der Waals surface area contributed by atoms with Crippen molar-refractivity contribution in [2.75, 3.05) is 26.2 Å². The van der Waals surface area contributed by atoms with Crippen molar-refractivity contribution in [3.05, 3.63) is 0 Å². The lowest BCUT2D eigenvalue weighted by Crippen LogP contribution is -2.52. The minimum Gasteiger partial charge on any atom is -0.356 e. The van der Waals surface area contributed by atoms with Crippen molar-refractivity contribution < 1.29 is 9.59 Å². The molecule has 18 heavy (non-hydrogen) atoms. The summed E-state index contributed by atoms with van der Waals surface area (Å²) in [6, 6.07) is 0.248. The zero-order chi connectivity index (χ0) is 13.5. The Kier molecular flexibility index (Phi) is 6.12. The summed E-state index contributed by atoms with van der Waals surface area (Å²) in [5, 5.41) is 6.05. The maximum Gasteiger partial charge on any atom is 0.224 e. The van der Waals surface area contributed by atoms with Crippen LogP contribution in [-0.2, 0) is 9.59 Å². The quantitative estimate of drug-likeness (QED) is 0.745. The van der Waals surface area contributed by atoms with Crippen LogP contribution in [0.5, 0.6) is 0 Å². The Labute approximate surface area is 109 Å². The third-order valence-electron chi connectivity index (χ3n) is 3.08. The highest BCUT2D eigenvalue weighted by atomic mass is 16.2. The van der Waals surface area contributed by atoms with Crippen LogP contribution >= 0.6 is 0 Å². The van der Waals surface area contributed by atoms with Crippen molar-refractivity contribution in [1.82, 2.24) is 15.5 Å². The summed E-state index contributed by atoms with van der Waals surface area (Å²) in [6.07, 6.45) is 0.923. The summed E-state index contributed by atoms with van der Waals surface area (Å²) >= 11 is 0. The fourth-order valence-electron chi connectivity index (χ4n) is 2.11. The van der Waals surface area contributed by atoms with Crippen LogP contribution in [0.25, 0.3) is 0 Å². The molecule has 0 aromatic carbocycles. The third-order valence-corrected chi connectivity index (χ3v) is 3.08. The number of piperazine rings is 1. The number of hydrogen-bond acceptors (Lipinski definition) is 3. The first kappa shape index (κ1) is 15.0. The molecule has 0 radical (unpaired) electrons. The van der Waals surface area contributed by atoms with E-state index in [0.717, 1.165) is 19.6 Å². The Morgan fingerprint density at radius 2 is 2.17 bits per heavy atom. The number of nitrogens with one attached hydrogen (secondary N) is 2. The Balaban J connectivity index is 2.22. The first-order chi connectivity index (χ1) is 8.50. The zero-order valence-electron chi connectivity index (χ0n) is 11.7. The Hall–Kier alpha value is -1.10. The van der Waals surface area contributed by atoms with E-state index >= 15 is 0 Å². The van der Waals surface area contributed by atoms with Gasteiger partial charge in [0, 0.05) is 45.1 Å². The fraction of sp³-hybridized carbons (Fsp3) is 0.846. The van der Waals surface area contributed by atoms with E-state index in [4.69, 9.17) is 0 Å². The molecule has 1 aliphatic rings. The lowest BCUT2D eigenvalue weighted by molar-refractivity contribution is -0.133. The third kappa shape index (κ3) is 5.04. The smallest absolute Gasteiger partial charge is 0.224 e. The minimum atomic E-state index is 0.0335. The zero-order valence-corrected chi connectivity index (χ0v) is 11.7. The van der Waals surface area contributed by atoms with Gasteiger partial charge in [-0.2, -0.15) is 0 Å². The van der Waals surface area contributed by atoms with Crippen LogP contribution in [0.4, 0.5) is 0 Å². The van der Waals surface area contributed by atoms with Crippen molar-refractivity contribution >= 4 is 11.8 Å². The van der Waals surface area contributed by atoms with Crippen molar-refractivity contribution in [3.63, 3.8) is 0 Å². The molecule has 1 saturated heterocycles. The van der Waals surface area contributed by atoms with E-state index in [1.54, 1.807) is 0 Å². The van der Waals surface area contributed by atoms with Crippen molar-refractivity contribution in [2.24, 2.45) is 5.92 Å². The molecule has 0 bridgehead atoms. The summed E-state index contributed by atoms with van der Waals surface area (Å²) < 4.78 is 0. The summed E-state index contributed by atoms with van der Waals surface area (Å²) in [4.78, 5) is 25.3. The van der Waals surface area contributed by atoms with Crippen molar-refractivity contribution in [1.29, 1.82) is 0 Å². The molecule has 0 aliphatic carbocycles. The van der Waals surface area contributed by atoms with Gasteiger partial charge in [-0.15, -0.1) is 0 Å². The van der Waals surface area contributed by atoms with Crippen molar-refractivity contribution in [3.8, 4) is 0 Å². The molecule has 1 heterocycles. The fourth-order valence-corrected chi connectivity index (χ4v) is 2.11. The van der Waals surface area contributed by atoms with E-state index in [9.17, 15) is 9.59 Å². The molecule has 1 unspecified atom stereocenters. The molecule has 5 heteroatoms. The molecule has 1 fully saturated rings. The first-order valence-corrected chi connectivity index (χ1v) is 6.77. The van der Waals surface area contributed by atoms with Crippen LogP contribution in [0.2, 0.25) is 0 Å². The van der Waals surface area contributed by atoms with Gasteiger partial charge in [-0.3, -0.25) is 9.59 Å². The molecule has 0 aromatic heterocycles. The monoisotopic (exact) mass is 255 g/mol. The predicted octanol–water partition coefficient (Wildman–Crippen LogP) is 0.359. The summed E-state index contributed by atoms with van der Waals surface area (Å²) in [7, 11) is 0. The Morgan fingerprint density at radius 3 is 2.78 bits per heavy atom. The lowest BCUT2D eigenvalue weighted by atomic mass is 10.1. The minimum absolute atomic E-state index is 0.0335. The molecule has 1 rings (SSSR count). The Morgan fingerprint density at radius 1 is 1.44 bits per heavy atom. The average Bonchev–Trinajstić information content (AvgIpc) is 2.28. The topological polar surface area (TPSA) is 61.4 Å². The van der Waals surface area contributed by atoms with E-state index < -0.39 is 0 Å². The number of amides is 2. The van der Waals surface area contributed by atoms with Gasteiger partial charge in [-0.1, -0.05) is 13.8 Å². The molecule has 0 spiro atoms. The molecule has 2 amide bonds. The lowest BCUT2D eigenvalue weighted by Gasteiger charge is -2.34. The second kappa shape index (κ2) is 7.36. The molecular formula is C13H25N3O2. The van der Waals surface area contributed by atoms with Gasteiger partial charge >= 0.3 is 0 Å². The van der Waals surface area contributed by atoms with Crippen LogP contribution in [0.1, 0.15) is 33.6 Å². The number of nitrogens with zero attached hydrogens (tertiary/aromatic N) is 1. The SMILES string of the molecule is CC(C)CC(=O)NCCC(=O)N1CCNCC1C. The van der Waals surface area contributed by atoms with Gasteiger partial charge in [-0.25, -0.2) is 0 Å².